The van der Waals surface area contributed by atoms with Gasteiger partial charge in [0, 0.05) is 16.9 Å². The van der Waals surface area contributed by atoms with Crippen LogP contribution in [0.5, 0.6) is 0 Å². The maximum Gasteiger partial charge on any atom is 0.416 e. The third kappa shape index (κ3) is 3.83. The van der Waals surface area contributed by atoms with Gasteiger partial charge in [0.2, 0.25) is 0 Å². The molecule has 0 radical (unpaired) electrons. The van der Waals surface area contributed by atoms with E-state index >= 15 is 0 Å². The summed E-state index contributed by atoms with van der Waals surface area (Å²) in [7, 11) is 0. The maximum absolute atomic E-state index is 13.3. The number of hydrogen-bond acceptors (Lipinski definition) is 5. The summed E-state index contributed by atoms with van der Waals surface area (Å²) in [5.74, 6) is -0.140. The molecule has 1 atom stereocenters. The number of aliphatic hydroxyl groups excluding tert-OH is 1. The fourth-order valence-electron chi connectivity index (χ4n) is 3.54. The first kappa shape index (κ1) is 21.9. The van der Waals surface area contributed by atoms with Crippen LogP contribution in [0.2, 0.25) is 0 Å². The minimum atomic E-state index is -4.59. The molecule has 1 aliphatic rings. The first-order chi connectivity index (χ1) is 14.1. The first-order valence-corrected chi connectivity index (χ1v) is 10.2. The Kier molecular flexibility index (Phi) is 5.98. The predicted octanol–water partition coefficient (Wildman–Crippen LogP) is 5.50. The largest absolute Gasteiger partial charge is 0.511 e. The molecule has 1 N–H and O–H groups in total. The number of fused-ring (bicyclic) bond motifs is 1. The highest BCUT2D eigenvalue weighted by Crippen LogP contribution is 2.45. The van der Waals surface area contributed by atoms with Crippen molar-refractivity contribution < 1.29 is 23.2 Å². The Hall–Kier alpha value is -2.75. The van der Waals surface area contributed by atoms with Crippen molar-refractivity contribution in [3.63, 3.8) is 0 Å². The van der Waals surface area contributed by atoms with Crippen LogP contribution in [0.1, 0.15) is 36.9 Å². The molecule has 0 spiro atoms. The zero-order valence-corrected chi connectivity index (χ0v) is 16.8. The van der Waals surface area contributed by atoms with Crippen LogP contribution in [0.15, 0.2) is 46.4 Å². The molecule has 0 unspecified atom stereocenters. The Morgan fingerprint density at radius 2 is 2.13 bits per heavy atom. The van der Waals surface area contributed by atoms with Crippen LogP contribution in [-0.4, -0.2) is 20.3 Å². The standard InChI is InChI=1S/C20H19F3N2O4S/c1-3-4-8-14-16(12-6-5-7-13(9-12)20(21,22)23)19-24(15(10-30-19)11(2)26)18(27)17(14)25(28)29/h5-7,9,15,26H,2-4,8,10H2,1H3/t15-/m0/s1. The van der Waals surface area contributed by atoms with Crippen LogP contribution in [-0.2, 0) is 12.6 Å². The summed E-state index contributed by atoms with van der Waals surface area (Å²) in [6.45, 7) is 5.31. The van der Waals surface area contributed by atoms with Crippen molar-refractivity contribution >= 4 is 17.4 Å². The number of aromatic nitrogens is 1. The molecule has 0 saturated heterocycles. The van der Waals surface area contributed by atoms with Gasteiger partial charge in [0.25, 0.3) is 0 Å². The fraction of sp³-hybridized carbons (Fsp3) is 0.350. The van der Waals surface area contributed by atoms with Crippen LogP contribution in [0, 0.1) is 10.1 Å². The molecule has 0 fully saturated rings. The molecule has 30 heavy (non-hydrogen) atoms. The van der Waals surface area contributed by atoms with E-state index in [9.17, 15) is 33.2 Å². The summed E-state index contributed by atoms with van der Waals surface area (Å²) >= 11 is 1.16. The number of allylic oxidation sites excluding steroid dienone is 1. The van der Waals surface area contributed by atoms with Gasteiger partial charge >= 0.3 is 17.4 Å². The predicted molar refractivity (Wildman–Crippen MR) is 108 cm³/mol. The Balaban J connectivity index is 2.41. The quantitative estimate of drug-likeness (QED) is 0.364. The molecule has 1 aromatic heterocycles. The molecule has 0 bridgehead atoms. The number of nitro groups is 1. The van der Waals surface area contributed by atoms with Crippen molar-refractivity contribution in [2.75, 3.05) is 5.75 Å². The molecule has 0 aliphatic carbocycles. The van der Waals surface area contributed by atoms with Crippen LogP contribution >= 0.6 is 11.8 Å². The number of aliphatic hydroxyl groups is 1. The minimum Gasteiger partial charge on any atom is -0.511 e. The number of alkyl halides is 3. The van der Waals surface area contributed by atoms with E-state index < -0.39 is 34.0 Å². The molecular weight excluding hydrogens is 421 g/mol. The normalized spacial score (nSPS) is 15.8. The number of thioether (sulfide) groups is 1. The molecule has 1 aromatic carbocycles. The van der Waals surface area contributed by atoms with Gasteiger partial charge in [0.05, 0.1) is 15.5 Å². The average molecular weight is 440 g/mol. The highest BCUT2D eigenvalue weighted by Gasteiger charge is 2.37. The van der Waals surface area contributed by atoms with Gasteiger partial charge in [-0.25, -0.2) is 0 Å². The number of nitrogens with zero attached hydrogens (tertiary/aromatic N) is 2. The van der Waals surface area contributed by atoms with Gasteiger partial charge in [-0.3, -0.25) is 19.5 Å². The van der Waals surface area contributed by atoms with E-state index in [0.29, 0.717) is 17.9 Å². The van der Waals surface area contributed by atoms with Gasteiger partial charge in [-0.1, -0.05) is 32.1 Å². The molecule has 3 rings (SSSR count). The van der Waals surface area contributed by atoms with E-state index in [0.717, 1.165) is 28.5 Å². The zero-order chi connectivity index (χ0) is 22.2. The SMILES string of the molecule is C=C(O)[C@@H]1CSc2c(-c3cccc(C(F)(F)F)c3)c(CCCC)c([N+](=O)[O-])c(=O)n21. The van der Waals surface area contributed by atoms with E-state index in [1.165, 1.54) is 12.1 Å². The van der Waals surface area contributed by atoms with Crippen molar-refractivity contribution in [1.82, 2.24) is 4.57 Å². The van der Waals surface area contributed by atoms with E-state index in [4.69, 9.17) is 0 Å². The van der Waals surface area contributed by atoms with E-state index in [1.807, 2.05) is 6.92 Å². The highest BCUT2D eigenvalue weighted by atomic mass is 32.2. The van der Waals surface area contributed by atoms with Crippen molar-refractivity contribution in [3.8, 4) is 11.1 Å². The van der Waals surface area contributed by atoms with Gasteiger partial charge in [-0.2, -0.15) is 13.2 Å². The Morgan fingerprint density at radius 1 is 1.43 bits per heavy atom. The number of benzene rings is 1. The molecule has 10 heteroatoms. The lowest BCUT2D eigenvalue weighted by atomic mass is 9.95. The number of unbranched alkanes of at least 4 members (excludes halogenated alkanes) is 1. The lowest BCUT2D eigenvalue weighted by Crippen LogP contribution is -2.28. The van der Waals surface area contributed by atoms with Gasteiger partial charge in [0.1, 0.15) is 11.8 Å². The van der Waals surface area contributed by atoms with Gasteiger partial charge in [0.15, 0.2) is 0 Å². The molecule has 1 aliphatic heterocycles. The second-order valence-corrected chi connectivity index (χ2v) is 7.95. The fourth-order valence-corrected chi connectivity index (χ4v) is 4.93. The second kappa shape index (κ2) is 8.17. The van der Waals surface area contributed by atoms with Crippen molar-refractivity contribution in [1.29, 1.82) is 0 Å². The first-order valence-electron chi connectivity index (χ1n) is 9.21. The van der Waals surface area contributed by atoms with Gasteiger partial charge in [-0.15, -0.1) is 11.8 Å². The summed E-state index contributed by atoms with van der Waals surface area (Å²) in [6.07, 6.45) is -3.21. The Bertz CT molecular complexity index is 1080. The number of hydrogen-bond donors (Lipinski definition) is 1. The average Bonchev–Trinajstić information content (AvgIpc) is 3.11. The van der Waals surface area contributed by atoms with E-state index in [2.05, 4.69) is 6.58 Å². The number of rotatable bonds is 6. The van der Waals surface area contributed by atoms with Crippen molar-refractivity contribution in [2.45, 2.75) is 43.4 Å². The van der Waals surface area contributed by atoms with E-state index in [1.54, 1.807) is 0 Å². The van der Waals surface area contributed by atoms with Crippen LogP contribution in [0.4, 0.5) is 18.9 Å². The third-order valence-corrected chi connectivity index (χ3v) is 6.11. The summed E-state index contributed by atoms with van der Waals surface area (Å²) in [4.78, 5) is 24.0. The van der Waals surface area contributed by atoms with Gasteiger partial charge < -0.3 is 5.11 Å². The lowest BCUT2D eigenvalue weighted by molar-refractivity contribution is -0.387. The van der Waals surface area contributed by atoms with Crippen LogP contribution < -0.4 is 5.56 Å². The van der Waals surface area contributed by atoms with Crippen LogP contribution in [0.3, 0.4) is 0 Å². The third-order valence-electron chi connectivity index (χ3n) is 4.96. The smallest absolute Gasteiger partial charge is 0.416 e. The minimum absolute atomic E-state index is 0.120. The molecule has 2 heterocycles. The molecule has 0 saturated carbocycles. The Labute approximate surface area is 174 Å². The van der Waals surface area contributed by atoms with Crippen LogP contribution in [0.25, 0.3) is 11.1 Å². The zero-order valence-electron chi connectivity index (χ0n) is 16.0. The molecule has 0 amide bonds. The summed E-state index contributed by atoms with van der Waals surface area (Å²) in [5, 5.41) is 22.0. The summed E-state index contributed by atoms with van der Waals surface area (Å²) in [6, 6.07) is 3.64. The monoisotopic (exact) mass is 440 g/mol. The number of halogens is 3. The number of pyridine rings is 1. The topological polar surface area (TPSA) is 85.4 Å². The second-order valence-electron chi connectivity index (χ2n) is 6.94. The van der Waals surface area contributed by atoms with E-state index in [-0.39, 0.29) is 34.6 Å². The van der Waals surface area contributed by atoms with Gasteiger partial charge in [-0.05, 0) is 30.5 Å². The molecule has 160 valence electrons. The molecular formula is C20H19F3N2O4S. The molecule has 2 aromatic rings. The maximum atomic E-state index is 13.3. The van der Waals surface area contributed by atoms with Crippen molar-refractivity contribution in [2.24, 2.45) is 0 Å². The van der Waals surface area contributed by atoms with Crippen molar-refractivity contribution in [3.05, 3.63) is 68.2 Å². The summed E-state index contributed by atoms with van der Waals surface area (Å²) in [5.41, 5.74) is -1.96. The summed E-state index contributed by atoms with van der Waals surface area (Å²) < 4.78 is 40.9. The lowest BCUT2D eigenvalue weighted by Gasteiger charge is -2.19. The Morgan fingerprint density at radius 3 is 2.70 bits per heavy atom. The highest BCUT2D eigenvalue weighted by molar-refractivity contribution is 7.99. The molecule has 6 nitrogen and oxygen atoms in total.